The molecule has 0 fully saturated rings. The van der Waals surface area contributed by atoms with Crippen molar-refractivity contribution in [3.05, 3.63) is 70.0 Å². The second kappa shape index (κ2) is 7.31. The van der Waals surface area contributed by atoms with Crippen LogP contribution in [0.4, 0.5) is 19.0 Å². The number of hydrogen-bond donors (Lipinski definition) is 2. The van der Waals surface area contributed by atoms with Gasteiger partial charge in [0.15, 0.2) is 6.04 Å². The van der Waals surface area contributed by atoms with E-state index in [1.165, 1.54) is 17.5 Å². The van der Waals surface area contributed by atoms with Crippen molar-refractivity contribution in [2.24, 2.45) is 0 Å². The first-order chi connectivity index (χ1) is 13.4. The molecule has 3 heterocycles. The number of alkyl halides is 3. The fraction of sp³-hybridized carbons (Fsp3) is 0.263. The fourth-order valence-corrected chi connectivity index (χ4v) is 4.07. The molecule has 1 aromatic carbocycles. The van der Waals surface area contributed by atoms with Gasteiger partial charge in [-0.25, -0.2) is 4.68 Å². The number of thiophene rings is 1. The molecule has 2 aromatic heterocycles. The molecule has 5 nitrogen and oxygen atoms in total. The second-order valence-electron chi connectivity index (χ2n) is 6.53. The maximum absolute atomic E-state index is 13.6. The zero-order valence-electron chi connectivity index (χ0n) is 14.6. The van der Waals surface area contributed by atoms with Crippen LogP contribution in [0.15, 0.2) is 54.0 Å². The van der Waals surface area contributed by atoms with Crippen LogP contribution in [0.2, 0.25) is 0 Å². The number of carbonyl (C=O) groups excluding carboxylic acids is 1. The number of anilines is 1. The number of nitrogens with one attached hydrogen (secondary N) is 2. The van der Waals surface area contributed by atoms with E-state index in [9.17, 15) is 18.0 Å². The average molecular weight is 406 g/mol. The summed E-state index contributed by atoms with van der Waals surface area (Å²) in [5.41, 5.74) is 1.00. The third-order valence-corrected chi connectivity index (χ3v) is 5.65. The van der Waals surface area contributed by atoms with Crippen LogP contribution in [-0.2, 0) is 6.54 Å². The van der Waals surface area contributed by atoms with Gasteiger partial charge >= 0.3 is 6.18 Å². The van der Waals surface area contributed by atoms with Gasteiger partial charge < -0.3 is 10.6 Å². The Morgan fingerprint density at radius 1 is 1.25 bits per heavy atom. The standard InChI is InChI=1S/C19H17F3N4OS/c20-19(21,22)16-9-14(15-7-4-8-28-15)25-17-13(11-24-26(16)17)18(27)23-10-12-5-2-1-3-6-12/h1-8,11,14,16,25H,9-10H2,(H,23,27)/t14-,16-/m1/s1. The first-order valence-corrected chi connectivity index (χ1v) is 9.57. The van der Waals surface area contributed by atoms with Crippen molar-refractivity contribution in [1.82, 2.24) is 15.1 Å². The highest BCUT2D eigenvalue weighted by molar-refractivity contribution is 7.10. The summed E-state index contributed by atoms with van der Waals surface area (Å²) in [6.07, 6.45) is -3.45. The molecule has 0 bridgehead atoms. The molecule has 2 atom stereocenters. The largest absolute Gasteiger partial charge is 0.410 e. The van der Waals surface area contributed by atoms with E-state index in [0.717, 1.165) is 15.1 Å². The van der Waals surface area contributed by atoms with Gasteiger partial charge in [-0.05, 0) is 17.0 Å². The van der Waals surface area contributed by atoms with Gasteiger partial charge in [0, 0.05) is 17.8 Å². The predicted molar refractivity (Wildman–Crippen MR) is 100 cm³/mol. The summed E-state index contributed by atoms with van der Waals surface area (Å²) in [5.74, 6) is -0.372. The Morgan fingerprint density at radius 2 is 2.04 bits per heavy atom. The summed E-state index contributed by atoms with van der Waals surface area (Å²) < 4.78 is 41.8. The van der Waals surface area contributed by atoms with E-state index in [1.54, 1.807) is 12.1 Å². The van der Waals surface area contributed by atoms with Gasteiger partial charge in [-0.15, -0.1) is 11.3 Å². The molecule has 0 aliphatic carbocycles. The molecule has 0 radical (unpaired) electrons. The van der Waals surface area contributed by atoms with Gasteiger partial charge in [0.25, 0.3) is 5.91 Å². The number of fused-ring (bicyclic) bond motifs is 1. The Labute approximate surface area is 163 Å². The quantitative estimate of drug-likeness (QED) is 0.669. The minimum atomic E-state index is -4.46. The van der Waals surface area contributed by atoms with Crippen molar-refractivity contribution < 1.29 is 18.0 Å². The van der Waals surface area contributed by atoms with Gasteiger partial charge in [-0.1, -0.05) is 36.4 Å². The maximum atomic E-state index is 13.6. The molecule has 1 amide bonds. The Bertz CT molecular complexity index is 953. The summed E-state index contributed by atoms with van der Waals surface area (Å²) in [5, 5.41) is 11.5. The summed E-state index contributed by atoms with van der Waals surface area (Å²) in [6.45, 7) is 0.279. The minimum Gasteiger partial charge on any atom is -0.362 e. The molecular formula is C19H17F3N4OS. The molecule has 9 heteroatoms. The van der Waals surface area contributed by atoms with E-state index >= 15 is 0 Å². The number of rotatable bonds is 4. The van der Waals surface area contributed by atoms with E-state index in [2.05, 4.69) is 15.7 Å². The molecular weight excluding hydrogens is 389 g/mol. The second-order valence-corrected chi connectivity index (χ2v) is 7.50. The van der Waals surface area contributed by atoms with Crippen molar-refractivity contribution in [3.63, 3.8) is 0 Å². The van der Waals surface area contributed by atoms with Gasteiger partial charge in [0.2, 0.25) is 0 Å². The zero-order valence-corrected chi connectivity index (χ0v) is 15.4. The number of benzene rings is 1. The molecule has 0 saturated heterocycles. The third-order valence-electron chi connectivity index (χ3n) is 4.67. The molecule has 0 spiro atoms. The van der Waals surface area contributed by atoms with E-state index in [-0.39, 0.29) is 24.3 Å². The van der Waals surface area contributed by atoms with Crippen LogP contribution in [0.1, 0.15) is 39.3 Å². The van der Waals surface area contributed by atoms with Crippen LogP contribution in [0.25, 0.3) is 0 Å². The fourth-order valence-electron chi connectivity index (χ4n) is 3.28. The van der Waals surface area contributed by atoms with Crippen LogP contribution in [0.3, 0.4) is 0 Å². The first kappa shape index (κ1) is 18.5. The highest BCUT2D eigenvalue weighted by Gasteiger charge is 2.47. The number of aromatic nitrogens is 2. The molecule has 4 rings (SSSR count). The smallest absolute Gasteiger partial charge is 0.362 e. The normalized spacial score (nSPS) is 19.0. The minimum absolute atomic E-state index is 0.0949. The van der Waals surface area contributed by atoms with E-state index in [1.807, 2.05) is 35.7 Å². The number of nitrogens with zero attached hydrogens (tertiary/aromatic N) is 2. The summed E-state index contributed by atoms with van der Waals surface area (Å²) in [7, 11) is 0. The lowest BCUT2D eigenvalue weighted by atomic mass is 10.0. The van der Waals surface area contributed by atoms with Crippen LogP contribution < -0.4 is 10.6 Å². The lowest BCUT2D eigenvalue weighted by Gasteiger charge is -2.33. The van der Waals surface area contributed by atoms with Crippen LogP contribution in [0.5, 0.6) is 0 Å². The Kier molecular flexibility index (Phi) is 4.84. The van der Waals surface area contributed by atoms with Crippen molar-refractivity contribution in [2.45, 2.75) is 31.2 Å². The molecule has 28 heavy (non-hydrogen) atoms. The van der Waals surface area contributed by atoms with Gasteiger partial charge in [0.05, 0.1) is 12.2 Å². The molecule has 0 unspecified atom stereocenters. The predicted octanol–water partition coefficient (Wildman–Crippen LogP) is 4.53. The molecule has 0 saturated carbocycles. The SMILES string of the molecule is O=C(NCc1ccccc1)c1cnn2c1N[C@@H](c1cccs1)C[C@@H]2C(F)(F)F. The first-order valence-electron chi connectivity index (χ1n) is 8.70. The average Bonchev–Trinajstić information content (AvgIpc) is 3.35. The zero-order chi connectivity index (χ0) is 19.7. The van der Waals surface area contributed by atoms with E-state index in [0.29, 0.717) is 0 Å². The van der Waals surface area contributed by atoms with E-state index < -0.39 is 24.2 Å². The van der Waals surface area contributed by atoms with Crippen molar-refractivity contribution in [3.8, 4) is 0 Å². The van der Waals surface area contributed by atoms with Gasteiger partial charge in [-0.2, -0.15) is 18.3 Å². The maximum Gasteiger partial charge on any atom is 0.410 e. The summed E-state index contributed by atoms with van der Waals surface area (Å²) in [6, 6.07) is 10.6. The molecule has 146 valence electrons. The van der Waals surface area contributed by atoms with Crippen LogP contribution in [0, 0.1) is 0 Å². The van der Waals surface area contributed by atoms with Gasteiger partial charge in [-0.3, -0.25) is 4.79 Å². The van der Waals surface area contributed by atoms with Crippen molar-refractivity contribution in [2.75, 3.05) is 5.32 Å². The number of halogens is 3. The molecule has 3 aromatic rings. The Morgan fingerprint density at radius 3 is 2.71 bits per heavy atom. The van der Waals surface area contributed by atoms with Crippen molar-refractivity contribution in [1.29, 1.82) is 0 Å². The Balaban J connectivity index is 1.61. The summed E-state index contributed by atoms with van der Waals surface area (Å²) in [4.78, 5) is 13.4. The lowest BCUT2D eigenvalue weighted by molar-refractivity contribution is -0.173. The topological polar surface area (TPSA) is 59.0 Å². The molecule has 1 aliphatic rings. The third kappa shape index (κ3) is 3.62. The highest BCUT2D eigenvalue weighted by atomic mass is 32.1. The van der Waals surface area contributed by atoms with Crippen molar-refractivity contribution >= 4 is 23.1 Å². The van der Waals surface area contributed by atoms with Crippen LogP contribution >= 0.6 is 11.3 Å². The molecule has 1 aliphatic heterocycles. The summed E-state index contributed by atoms with van der Waals surface area (Å²) >= 11 is 1.38. The lowest BCUT2D eigenvalue weighted by Crippen LogP contribution is -2.36. The molecule has 2 N–H and O–H groups in total. The number of hydrogen-bond acceptors (Lipinski definition) is 4. The van der Waals surface area contributed by atoms with Crippen LogP contribution in [-0.4, -0.2) is 21.9 Å². The monoisotopic (exact) mass is 406 g/mol. The highest BCUT2D eigenvalue weighted by Crippen LogP contribution is 2.44. The number of amides is 1. The van der Waals surface area contributed by atoms with E-state index in [4.69, 9.17) is 0 Å². The number of carbonyl (C=O) groups is 1. The van der Waals surface area contributed by atoms with Gasteiger partial charge in [0.1, 0.15) is 11.4 Å². The Hall–Kier alpha value is -2.81.